The minimum atomic E-state index is 0.0752. The number of carbonyl (C=O) groups excluding carboxylic acids is 1. The molecule has 70 valence electrons. The molecule has 0 radical (unpaired) electrons. The fourth-order valence-corrected chi connectivity index (χ4v) is 1.06. The lowest BCUT2D eigenvalue weighted by atomic mass is 10.1. The Hall–Kier alpha value is -0.790. The molecule has 0 heterocycles. The van der Waals surface area contributed by atoms with Gasteiger partial charge in [0, 0.05) is 0 Å². The predicted molar refractivity (Wildman–Crippen MR) is 49.9 cm³/mol. The Kier molecular flexibility index (Phi) is 7.76. The molecule has 0 unspecified atom stereocenters. The molecule has 12 heavy (non-hydrogen) atoms. The van der Waals surface area contributed by atoms with E-state index in [1.54, 1.807) is 0 Å². The molecular formula is C10H18O2. The van der Waals surface area contributed by atoms with E-state index in [1.165, 1.54) is 12.8 Å². The van der Waals surface area contributed by atoms with Gasteiger partial charge in [-0.25, -0.2) is 0 Å². The lowest BCUT2D eigenvalue weighted by Crippen LogP contribution is -2.05. The van der Waals surface area contributed by atoms with Crippen LogP contribution in [0.15, 0.2) is 12.7 Å². The minimum absolute atomic E-state index is 0.0752. The van der Waals surface area contributed by atoms with Gasteiger partial charge >= 0.3 is 0 Å². The van der Waals surface area contributed by atoms with E-state index in [4.69, 9.17) is 4.74 Å². The molecule has 0 fully saturated rings. The van der Waals surface area contributed by atoms with Crippen molar-refractivity contribution in [2.45, 2.75) is 45.1 Å². The topological polar surface area (TPSA) is 26.3 Å². The molecule has 0 amide bonds. The summed E-state index contributed by atoms with van der Waals surface area (Å²) in [6, 6.07) is 0. The summed E-state index contributed by atoms with van der Waals surface area (Å²) in [5, 5.41) is 0. The van der Waals surface area contributed by atoms with Gasteiger partial charge in [0.05, 0.1) is 6.10 Å². The highest BCUT2D eigenvalue weighted by molar-refractivity contribution is 5.37. The van der Waals surface area contributed by atoms with Gasteiger partial charge in [0.15, 0.2) is 0 Å². The summed E-state index contributed by atoms with van der Waals surface area (Å²) in [7, 11) is 0. The van der Waals surface area contributed by atoms with Gasteiger partial charge in [0.2, 0.25) is 0 Å². The average Bonchev–Trinajstić information content (AvgIpc) is 2.05. The van der Waals surface area contributed by atoms with Crippen molar-refractivity contribution in [3.8, 4) is 0 Å². The Balaban J connectivity index is 3.07. The maximum Gasteiger partial charge on any atom is 0.293 e. The Morgan fingerprint density at radius 3 is 2.75 bits per heavy atom. The van der Waals surface area contributed by atoms with Crippen LogP contribution in [-0.4, -0.2) is 12.6 Å². The largest absolute Gasteiger partial charge is 0.465 e. The normalized spacial score (nSPS) is 12.1. The van der Waals surface area contributed by atoms with Crippen LogP contribution in [0.25, 0.3) is 0 Å². The van der Waals surface area contributed by atoms with Crippen LogP contribution in [0, 0.1) is 0 Å². The first-order valence-corrected chi connectivity index (χ1v) is 4.51. The highest BCUT2D eigenvalue weighted by Crippen LogP contribution is 2.07. The molecule has 0 rings (SSSR count). The molecule has 0 aromatic heterocycles. The molecule has 0 aromatic carbocycles. The Labute approximate surface area is 74.6 Å². The molecule has 0 aromatic rings. The Morgan fingerprint density at radius 1 is 1.42 bits per heavy atom. The van der Waals surface area contributed by atoms with E-state index in [2.05, 4.69) is 6.58 Å². The number of hydrogen-bond acceptors (Lipinski definition) is 2. The number of rotatable bonds is 8. The number of unbranched alkanes of at least 4 members (excludes halogenated alkanes) is 3. The SMILES string of the molecule is C=CCCCCC[C@@H](C)OC=O. The summed E-state index contributed by atoms with van der Waals surface area (Å²) in [6.45, 7) is 6.09. The number of allylic oxidation sites excluding steroid dienone is 1. The monoisotopic (exact) mass is 170 g/mol. The molecule has 0 N–H and O–H groups in total. The van der Waals surface area contributed by atoms with Gasteiger partial charge in [0.1, 0.15) is 0 Å². The molecule has 0 aliphatic heterocycles. The minimum Gasteiger partial charge on any atom is -0.465 e. The van der Waals surface area contributed by atoms with Crippen LogP contribution in [0.1, 0.15) is 39.0 Å². The predicted octanol–water partition coefficient (Wildman–Crippen LogP) is 2.68. The van der Waals surface area contributed by atoms with E-state index in [0.717, 1.165) is 19.3 Å². The van der Waals surface area contributed by atoms with Crippen LogP contribution in [0.3, 0.4) is 0 Å². The fraction of sp³-hybridized carbons (Fsp3) is 0.700. The highest BCUT2D eigenvalue weighted by atomic mass is 16.5. The lowest BCUT2D eigenvalue weighted by molar-refractivity contribution is -0.133. The zero-order valence-electron chi connectivity index (χ0n) is 7.79. The van der Waals surface area contributed by atoms with Crippen molar-refractivity contribution >= 4 is 6.47 Å². The summed E-state index contributed by atoms with van der Waals surface area (Å²) >= 11 is 0. The summed E-state index contributed by atoms with van der Waals surface area (Å²) in [6.07, 6.45) is 7.58. The summed E-state index contributed by atoms with van der Waals surface area (Å²) in [5.41, 5.74) is 0. The van der Waals surface area contributed by atoms with E-state index < -0.39 is 0 Å². The van der Waals surface area contributed by atoms with Crippen molar-refractivity contribution in [2.75, 3.05) is 0 Å². The van der Waals surface area contributed by atoms with Crippen molar-refractivity contribution in [2.24, 2.45) is 0 Å². The quantitative estimate of drug-likeness (QED) is 0.318. The number of hydrogen-bond donors (Lipinski definition) is 0. The molecule has 0 spiro atoms. The molecule has 0 aliphatic rings. The van der Waals surface area contributed by atoms with Crippen LogP contribution < -0.4 is 0 Å². The smallest absolute Gasteiger partial charge is 0.293 e. The van der Waals surface area contributed by atoms with Crippen LogP contribution >= 0.6 is 0 Å². The lowest BCUT2D eigenvalue weighted by Gasteiger charge is -2.07. The van der Waals surface area contributed by atoms with Crippen LogP contribution in [0.4, 0.5) is 0 Å². The zero-order valence-corrected chi connectivity index (χ0v) is 7.79. The van der Waals surface area contributed by atoms with E-state index >= 15 is 0 Å². The second kappa shape index (κ2) is 8.31. The molecule has 1 atom stereocenters. The average molecular weight is 170 g/mol. The summed E-state index contributed by atoms with van der Waals surface area (Å²) in [4.78, 5) is 9.91. The second-order valence-corrected chi connectivity index (χ2v) is 2.97. The molecule has 0 bridgehead atoms. The number of carbonyl (C=O) groups is 1. The molecular weight excluding hydrogens is 152 g/mol. The van der Waals surface area contributed by atoms with E-state index in [-0.39, 0.29) is 6.10 Å². The van der Waals surface area contributed by atoms with Crippen molar-refractivity contribution < 1.29 is 9.53 Å². The number of ether oxygens (including phenoxy) is 1. The molecule has 0 saturated carbocycles. The Bertz CT molecular complexity index is 121. The summed E-state index contributed by atoms with van der Waals surface area (Å²) in [5.74, 6) is 0. The van der Waals surface area contributed by atoms with E-state index in [0.29, 0.717) is 6.47 Å². The first kappa shape index (κ1) is 11.2. The molecule has 0 aliphatic carbocycles. The maximum atomic E-state index is 9.91. The van der Waals surface area contributed by atoms with Gasteiger partial charge in [-0.1, -0.05) is 12.5 Å². The summed E-state index contributed by atoms with van der Waals surface area (Å²) < 4.78 is 4.75. The third-order valence-electron chi connectivity index (χ3n) is 1.81. The fourth-order valence-electron chi connectivity index (χ4n) is 1.06. The maximum absolute atomic E-state index is 9.91. The first-order chi connectivity index (χ1) is 5.81. The van der Waals surface area contributed by atoms with E-state index in [1.807, 2.05) is 13.0 Å². The molecule has 2 heteroatoms. The van der Waals surface area contributed by atoms with Gasteiger partial charge in [-0.15, -0.1) is 6.58 Å². The second-order valence-electron chi connectivity index (χ2n) is 2.97. The van der Waals surface area contributed by atoms with Gasteiger partial charge in [0.25, 0.3) is 6.47 Å². The van der Waals surface area contributed by atoms with Crippen molar-refractivity contribution in [1.82, 2.24) is 0 Å². The van der Waals surface area contributed by atoms with Gasteiger partial charge in [-0.2, -0.15) is 0 Å². The molecule has 2 nitrogen and oxygen atoms in total. The van der Waals surface area contributed by atoms with Crippen molar-refractivity contribution in [3.05, 3.63) is 12.7 Å². The van der Waals surface area contributed by atoms with Crippen molar-refractivity contribution in [3.63, 3.8) is 0 Å². The third-order valence-corrected chi connectivity index (χ3v) is 1.81. The highest BCUT2D eigenvalue weighted by Gasteiger charge is 1.99. The standard InChI is InChI=1S/C10H18O2/c1-3-4-5-6-7-8-10(2)12-9-11/h3,9-10H,1,4-8H2,2H3/t10-/m1/s1. The third kappa shape index (κ3) is 7.32. The van der Waals surface area contributed by atoms with Gasteiger partial charge < -0.3 is 4.74 Å². The Morgan fingerprint density at radius 2 is 2.17 bits per heavy atom. The van der Waals surface area contributed by atoms with Crippen molar-refractivity contribution in [1.29, 1.82) is 0 Å². The van der Waals surface area contributed by atoms with Gasteiger partial charge in [-0.05, 0) is 32.6 Å². The first-order valence-electron chi connectivity index (χ1n) is 4.51. The van der Waals surface area contributed by atoms with Crippen LogP contribution in [0.2, 0.25) is 0 Å². The van der Waals surface area contributed by atoms with Crippen LogP contribution in [0.5, 0.6) is 0 Å². The van der Waals surface area contributed by atoms with Gasteiger partial charge in [-0.3, -0.25) is 4.79 Å². The zero-order chi connectivity index (χ0) is 9.23. The molecule has 0 saturated heterocycles. The van der Waals surface area contributed by atoms with Crippen LogP contribution in [-0.2, 0) is 9.53 Å². The van der Waals surface area contributed by atoms with E-state index in [9.17, 15) is 4.79 Å².